The first-order valence-electron chi connectivity index (χ1n) is 11.3. The van der Waals surface area contributed by atoms with Gasteiger partial charge in [-0.25, -0.2) is 4.39 Å². The second-order valence-electron chi connectivity index (χ2n) is 8.76. The lowest BCUT2D eigenvalue weighted by Gasteiger charge is -2.26. The average Bonchev–Trinajstić information content (AvgIpc) is 3.16. The van der Waals surface area contributed by atoms with E-state index >= 15 is 0 Å². The van der Waals surface area contributed by atoms with Gasteiger partial charge in [0.2, 0.25) is 0 Å². The van der Waals surface area contributed by atoms with E-state index < -0.39 is 21.7 Å². The van der Waals surface area contributed by atoms with Gasteiger partial charge in [0.05, 0.1) is 10.5 Å². The molecule has 0 spiro atoms. The summed E-state index contributed by atoms with van der Waals surface area (Å²) in [5, 5.41) is 3.73. The molecule has 0 aliphatic carbocycles. The molecular formula is C26H27ClFNO5S. The van der Waals surface area contributed by atoms with Gasteiger partial charge in [0.15, 0.2) is 11.5 Å². The third-order valence-corrected chi connectivity index (χ3v) is 7.23. The number of ether oxygens (including phenoxy) is 2. The van der Waals surface area contributed by atoms with E-state index in [2.05, 4.69) is 11.4 Å². The van der Waals surface area contributed by atoms with Gasteiger partial charge in [-0.1, -0.05) is 41.4 Å². The molecule has 0 aromatic heterocycles. The van der Waals surface area contributed by atoms with E-state index in [1.54, 1.807) is 31.2 Å². The molecule has 1 atom stereocenters. The number of nitrogens with one attached hydrogen (secondary N) is 1. The Labute approximate surface area is 209 Å². The van der Waals surface area contributed by atoms with Gasteiger partial charge in [0.25, 0.3) is 15.9 Å². The minimum absolute atomic E-state index is 0.0666. The number of para-hydroxylation sites is 1. The molecule has 2 aliphatic heterocycles. The quantitative estimate of drug-likeness (QED) is 0.423. The smallest absolute Gasteiger partial charge is 0.294 e. The summed E-state index contributed by atoms with van der Waals surface area (Å²) in [6.45, 7) is 5.58. The molecule has 0 bridgehead atoms. The number of hydrogen-bond donors (Lipinski definition) is 2. The van der Waals surface area contributed by atoms with Crippen LogP contribution >= 0.6 is 11.6 Å². The highest BCUT2D eigenvalue weighted by atomic mass is 35.5. The summed E-state index contributed by atoms with van der Waals surface area (Å²) in [6, 6.07) is 16.5. The van der Waals surface area contributed by atoms with Crippen LogP contribution in [-0.2, 0) is 15.9 Å². The number of rotatable bonds is 3. The minimum atomic E-state index is -4.02. The van der Waals surface area contributed by atoms with E-state index in [1.807, 2.05) is 19.1 Å². The average molecular weight is 520 g/mol. The maximum absolute atomic E-state index is 14.4. The summed E-state index contributed by atoms with van der Waals surface area (Å²) in [4.78, 5) is -0.0666. The van der Waals surface area contributed by atoms with Crippen molar-refractivity contribution in [2.24, 2.45) is 0 Å². The van der Waals surface area contributed by atoms with E-state index in [4.69, 9.17) is 25.6 Å². The maximum atomic E-state index is 14.4. The van der Waals surface area contributed by atoms with E-state index in [1.165, 1.54) is 18.2 Å². The zero-order valence-corrected chi connectivity index (χ0v) is 21.0. The van der Waals surface area contributed by atoms with Crippen molar-refractivity contribution in [1.29, 1.82) is 0 Å². The molecule has 3 aromatic carbocycles. The van der Waals surface area contributed by atoms with Crippen LogP contribution in [0.3, 0.4) is 0 Å². The van der Waals surface area contributed by atoms with Crippen LogP contribution in [0.1, 0.15) is 42.4 Å². The van der Waals surface area contributed by atoms with Gasteiger partial charge in [-0.3, -0.25) is 4.55 Å². The number of aryl methyl sites for hydroxylation is 1. The first kappa shape index (κ1) is 25.4. The lowest BCUT2D eigenvalue weighted by molar-refractivity contribution is -0.0711. The third kappa shape index (κ3) is 5.78. The Morgan fingerprint density at radius 1 is 1.06 bits per heavy atom. The van der Waals surface area contributed by atoms with Crippen LogP contribution in [-0.4, -0.2) is 26.1 Å². The Balaban J connectivity index is 0.000000221. The fourth-order valence-corrected chi connectivity index (χ4v) is 4.92. The first-order chi connectivity index (χ1) is 16.6. The molecule has 6 nitrogen and oxygen atoms in total. The number of benzene rings is 3. The molecule has 1 fully saturated rings. The van der Waals surface area contributed by atoms with Gasteiger partial charge in [-0.15, -0.1) is 0 Å². The van der Waals surface area contributed by atoms with E-state index in [-0.39, 0.29) is 4.90 Å². The predicted molar refractivity (Wildman–Crippen MR) is 132 cm³/mol. The lowest BCUT2D eigenvalue weighted by atomic mass is 9.89. The van der Waals surface area contributed by atoms with Crippen LogP contribution in [0.25, 0.3) is 0 Å². The second kappa shape index (κ2) is 10.1. The largest absolute Gasteiger partial charge is 0.444 e. The first-order valence-corrected chi connectivity index (χ1v) is 13.1. The summed E-state index contributed by atoms with van der Waals surface area (Å²) in [5.41, 5.74) is 2.45. The molecule has 2 N–H and O–H groups in total. The molecular weight excluding hydrogens is 493 g/mol. The molecule has 3 aromatic rings. The van der Waals surface area contributed by atoms with Crippen LogP contribution in [0, 0.1) is 12.7 Å². The Morgan fingerprint density at radius 2 is 1.74 bits per heavy atom. The van der Waals surface area contributed by atoms with Crippen molar-refractivity contribution in [1.82, 2.24) is 5.32 Å². The Bertz CT molecular complexity index is 1310. The van der Waals surface area contributed by atoms with E-state index in [0.29, 0.717) is 22.3 Å². The zero-order chi connectivity index (χ0) is 25.2. The monoisotopic (exact) mass is 519 g/mol. The maximum Gasteiger partial charge on any atom is 0.294 e. The summed E-state index contributed by atoms with van der Waals surface area (Å²) >= 11 is 5.86. The van der Waals surface area contributed by atoms with E-state index in [9.17, 15) is 12.8 Å². The van der Waals surface area contributed by atoms with Crippen LogP contribution in [0.2, 0.25) is 5.02 Å². The van der Waals surface area contributed by atoms with Gasteiger partial charge < -0.3 is 14.8 Å². The van der Waals surface area contributed by atoms with Gasteiger partial charge in [0, 0.05) is 17.5 Å². The fraction of sp³-hybridized carbons (Fsp3) is 0.308. The highest BCUT2D eigenvalue weighted by Gasteiger charge is 2.42. The van der Waals surface area contributed by atoms with Crippen LogP contribution in [0.5, 0.6) is 11.5 Å². The van der Waals surface area contributed by atoms with Crippen molar-refractivity contribution in [3.8, 4) is 11.5 Å². The molecule has 35 heavy (non-hydrogen) atoms. The molecule has 1 saturated heterocycles. The van der Waals surface area contributed by atoms with Crippen molar-refractivity contribution >= 4 is 21.7 Å². The molecule has 5 rings (SSSR count). The highest BCUT2D eigenvalue weighted by molar-refractivity contribution is 7.85. The van der Waals surface area contributed by atoms with Crippen molar-refractivity contribution < 1.29 is 26.8 Å². The Kier molecular flexibility index (Phi) is 7.38. The standard InChI is InChI=1S/C19H19ClFNO2.C7H8O3S/c1-19(15-6-5-13(20)11-16(15)21)23-17-4-2-3-14(18(17)24-19)12-7-9-22-10-8-12;1-6-2-4-7(5-3-6)11(8,9)10/h2-6,11-12,22H,7-10H2,1H3;2-5H,1H3,(H,8,9,10)/t19-;/m1./s1. The molecule has 0 saturated carbocycles. The van der Waals surface area contributed by atoms with Crippen LogP contribution < -0.4 is 14.8 Å². The molecule has 186 valence electrons. The molecule has 0 unspecified atom stereocenters. The van der Waals surface area contributed by atoms with Crippen molar-refractivity contribution in [3.05, 3.63) is 88.2 Å². The number of hydrogen-bond acceptors (Lipinski definition) is 5. The summed E-state index contributed by atoms with van der Waals surface area (Å²) < 4.78 is 56.1. The summed E-state index contributed by atoms with van der Waals surface area (Å²) in [7, 11) is -4.02. The Morgan fingerprint density at radius 3 is 2.37 bits per heavy atom. The van der Waals surface area contributed by atoms with Gasteiger partial charge in [0.1, 0.15) is 5.82 Å². The van der Waals surface area contributed by atoms with Crippen molar-refractivity contribution in [2.75, 3.05) is 13.1 Å². The second-order valence-corrected chi connectivity index (χ2v) is 10.6. The predicted octanol–water partition coefficient (Wildman–Crippen LogP) is 5.83. The van der Waals surface area contributed by atoms with Gasteiger partial charge in [-0.2, -0.15) is 8.42 Å². The molecule has 0 amide bonds. The Hall–Kier alpha value is -2.65. The van der Waals surface area contributed by atoms with E-state index in [0.717, 1.165) is 42.8 Å². The topological polar surface area (TPSA) is 84.9 Å². The minimum Gasteiger partial charge on any atom is -0.444 e. The van der Waals surface area contributed by atoms with Gasteiger partial charge in [-0.05, 0) is 75.2 Å². The number of piperidine rings is 1. The zero-order valence-electron chi connectivity index (χ0n) is 19.4. The molecule has 2 heterocycles. The summed E-state index contributed by atoms with van der Waals surface area (Å²) in [6.07, 6.45) is 2.12. The third-order valence-electron chi connectivity index (χ3n) is 6.13. The molecule has 2 aliphatic rings. The number of halogens is 2. The molecule has 0 radical (unpaired) electrons. The molecule has 9 heteroatoms. The van der Waals surface area contributed by atoms with Crippen LogP contribution in [0.15, 0.2) is 65.6 Å². The van der Waals surface area contributed by atoms with Crippen LogP contribution in [0.4, 0.5) is 4.39 Å². The lowest BCUT2D eigenvalue weighted by Crippen LogP contribution is -2.33. The fourth-order valence-electron chi connectivity index (χ4n) is 4.28. The van der Waals surface area contributed by atoms with Crippen molar-refractivity contribution in [2.45, 2.75) is 43.3 Å². The van der Waals surface area contributed by atoms with Gasteiger partial charge >= 0.3 is 0 Å². The highest BCUT2D eigenvalue weighted by Crippen LogP contribution is 2.49. The number of fused-ring (bicyclic) bond motifs is 1. The summed E-state index contributed by atoms with van der Waals surface area (Å²) in [5.74, 6) is 0.229. The van der Waals surface area contributed by atoms with Crippen molar-refractivity contribution in [3.63, 3.8) is 0 Å². The SMILES string of the molecule is C[C@@]1(c2ccc(Cl)cc2F)Oc2cccc(C3CCNCC3)c2O1.Cc1ccc(S(=O)(=O)O)cc1. The normalized spacial score (nSPS) is 19.7.